The largest absolute Gasteiger partial charge is 0.466 e. The normalized spacial score (nSPS) is 12.5. The van der Waals surface area contributed by atoms with E-state index in [9.17, 15) is 4.79 Å². The van der Waals surface area contributed by atoms with Crippen LogP contribution in [0.5, 0.6) is 0 Å². The van der Waals surface area contributed by atoms with E-state index in [2.05, 4.69) is 10.1 Å². The van der Waals surface area contributed by atoms with Gasteiger partial charge in [-0.1, -0.05) is 6.92 Å². The van der Waals surface area contributed by atoms with Crippen LogP contribution in [0.2, 0.25) is 0 Å². The first-order chi connectivity index (χ1) is 10.7. The van der Waals surface area contributed by atoms with Gasteiger partial charge in [-0.15, -0.1) is 0 Å². The van der Waals surface area contributed by atoms with Crippen LogP contribution in [-0.2, 0) is 16.1 Å². The van der Waals surface area contributed by atoms with Gasteiger partial charge in [0.25, 0.3) is 0 Å². The molecule has 3 rings (SSSR count). The Balaban J connectivity index is 1.76. The summed E-state index contributed by atoms with van der Waals surface area (Å²) >= 11 is 0. The van der Waals surface area contributed by atoms with E-state index in [0.29, 0.717) is 13.2 Å². The molecule has 0 fully saturated rings. The van der Waals surface area contributed by atoms with Crippen molar-refractivity contribution in [1.82, 2.24) is 19.2 Å². The van der Waals surface area contributed by atoms with Gasteiger partial charge in [0, 0.05) is 30.4 Å². The molecule has 1 unspecified atom stereocenters. The van der Waals surface area contributed by atoms with E-state index in [0.717, 1.165) is 16.8 Å². The summed E-state index contributed by atoms with van der Waals surface area (Å²) in [6, 6.07) is 4.03. The first-order valence-electron chi connectivity index (χ1n) is 7.29. The molecule has 6 nitrogen and oxygen atoms in total. The summed E-state index contributed by atoms with van der Waals surface area (Å²) in [5.41, 5.74) is 2.94. The maximum atomic E-state index is 11.7. The summed E-state index contributed by atoms with van der Waals surface area (Å²) in [6.07, 6.45) is 9.38. The minimum Gasteiger partial charge on any atom is -0.466 e. The third kappa shape index (κ3) is 2.86. The number of fused-ring (bicyclic) bond motifs is 1. The fourth-order valence-electron chi connectivity index (χ4n) is 2.34. The molecule has 3 aromatic rings. The van der Waals surface area contributed by atoms with E-state index >= 15 is 0 Å². The molecule has 0 amide bonds. The van der Waals surface area contributed by atoms with Crippen LogP contribution in [0.15, 0.2) is 43.1 Å². The zero-order valence-electron chi connectivity index (χ0n) is 12.6. The predicted octanol–water partition coefficient (Wildman–Crippen LogP) is 2.40. The number of pyridine rings is 1. The van der Waals surface area contributed by atoms with Crippen LogP contribution in [-0.4, -0.2) is 31.7 Å². The molecule has 0 radical (unpaired) electrons. The Kier molecular flexibility index (Phi) is 3.91. The fraction of sp³-hybridized carbons (Fsp3) is 0.312. The lowest BCUT2D eigenvalue weighted by Crippen LogP contribution is -2.20. The molecule has 6 heteroatoms. The smallest absolute Gasteiger partial charge is 0.310 e. The zero-order valence-corrected chi connectivity index (χ0v) is 12.6. The fourth-order valence-corrected chi connectivity index (χ4v) is 2.34. The first-order valence-corrected chi connectivity index (χ1v) is 7.29. The Morgan fingerprint density at radius 3 is 3.05 bits per heavy atom. The molecule has 3 heterocycles. The van der Waals surface area contributed by atoms with E-state index in [-0.39, 0.29) is 11.9 Å². The molecule has 0 spiro atoms. The summed E-state index contributed by atoms with van der Waals surface area (Å²) in [4.78, 5) is 15.9. The molecule has 0 saturated heterocycles. The average molecular weight is 298 g/mol. The topological polar surface area (TPSA) is 61.4 Å². The second-order valence-electron chi connectivity index (χ2n) is 5.21. The van der Waals surface area contributed by atoms with E-state index in [1.807, 2.05) is 49.0 Å². The minimum atomic E-state index is -0.220. The van der Waals surface area contributed by atoms with Crippen LogP contribution in [0.25, 0.3) is 16.8 Å². The molecule has 1 atom stereocenters. The zero-order chi connectivity index (χ0) is 15.5. The highest BCUT2D eigenvalue weighted by molar-refractivity contribution is 5.72. The quantitative estimate of drug-likeness (QED) is 0.679. The van der Waals surface area contributed by atoms with Gasteiger partial charge < -0.3 is 9.14 Å². The monoisotopic (exact) mass is 298 g/mol. The van der Waals surface area contributed by atoms with E-state index in [1.54, 1.807) is 17.1 Å². The molecule has 114 valence electrons. The van der Waals surface area contributed by atoms with E-state index < -0.39 is 0 Å². The molecule has 0 saturated carbocycles. The Hall–Kier alpha value is -2.63. The Bertz CT molecular complexity index is 790. The molecule has 0 N–H and O–H groups in total. The van der Waals surface area contributed by atoms with Gasteiger partial charge >= 0.3 is 5.97 Å². The lowest BCUT2D eigenvalue weighted by Gasteiger charge is -2.10. The number of carbonyl (C=O) groups excluding carboxylic acids is 1. The molecule has 0 bridgehead atoms. The van der Waals surface area contributed by atoms with Crippen molar-refractivity contribution in [2.45, 2.75) is 20.4 Å². The van der Waals surface area contributed by atoms with Gasteiger partial charge in [0.15, 0.2) is 0 Å². The number of carbonyl (C=O) groups is 1. The van der Waals surface area contributed by atoms with Crippen molar-refractivity contribution < 1.29 is 9.53 Å². The molecular weight excluding hydrogens is 280 g/mol. The van der Waals surface area contributed by atoms with E-state index in [1.165, 1.54) is 0 Å². The third-order valence-corrected chi connectivity index (χ3v) is 3.51. The minimum absolute atomic E-state index is 0.196. The van der Waals surface area contributed by atoms with Crippen LogP contribution in [0.4, 0.5) is 0 Å². The molecule has 0 aliphatic rings. The number of hydrogen-bond donors (Lipinski definition) is 0. The van der Waals surface area contributed by atoms with Crippen molar-refractivity contribution in [2.75, 3.05) is 6.61 Å². The number of nitrogens with zero attached hydrogens (tertiary/aromatic N) is 4. The van der Waals surface area contributed by atoms with Gasteiger partial charge in [0.1, 0.15) is 5.65 Å². The van der Waals surface area contributed by atoms with Gasteiger partial charge in [-0.3, -0.25) is 9.48 Å². The maximum absolute atomic E-state index is 11.7. The number of imidazole rings is 1. The predicted molar refractivity (Wildman–Crippen MR) is 82.2 cm³/mol. The number of ether oxygens (including phenoxy) is 1. The molecule has 0 aromatic carbocycles. The molecule has 0 aliphatic heterocycles. The van der Waals surface area contributed by atoms with Gasteiger partial charge in [0.05, 0.1) is 25.3 Å². The molecule has 22 heavy (non-hydrogen) atoms. The van der Waals surface area contributed by atoms with Crippen LogP contribution in [0, 0.1) is 5.92 Å². The summed E-state index contributed by atoms with van der Waals surface area (Å²) in [7, 11) is 0. The standard InChI is InChI=1S/C16H18N4O2/c1-3-22-16(21)12(2)10-20-11-14(9-18-20)13-4-6-19-7-5-17-15(19)8-13/h4-9,11-12H,3,10H2,1-2H3. The molecule has 0 aliphatic carbocycles. The van der Waals surface area contributed by atoms with Crippen molar-refractivity contribution in [2.24, 2.45) is 5.92 Å². The van der Waals surface area contributed by atoms with Crippen molar-refractivity contribution >= 4 is 11.6 Å². The van der Waals surface area contributed by atoms with Crippen LogP contribution >= 0.6 is 0 Å². The first kappa shape index (κ1) is 14.3. The Labute approximate surface area is 128 Å². The Morgan fingerprint density at radius 1 is 1.36 bits per heavy atom. The number of hydrogen-bond acceptors (Lipinski definition) is 4. The molecule has 3 aromatic heterocycles. The maximum Gasteiger partial charge on any atom is 0.310 e. The number of aromatic nitrogens is 4. The average Bonchev–Trinajstić information content (AvgIpc) is 3.15. The van der Waals surface area contributed by atoms with E-state index in [4.69, 9.17) is 4.74 Å². The summed E-state index contributed by atoms with van der Waals surface area (Å²) in [5, 5.41) is 4.32. The summed E-state index contributed by atoms with van der Waals surface area (Å²) in [6.45, 7) is 4.56. The highest BCUT2D eigenvalue weighted by Crippen LogP contribution is 2.20. The van der Waals surface area contributed by atoms with Crippen molar-refractivity contribution in [1.29, 1.82) is 0 Å². The van der Waals surface area contributed by atoms with Gasteiger partial charge in [-0.2, -0.15) is 5.10 Å². The SMILES string of the molecule is CCOC(=O)C(C)Cn1cc(-c2ccn3ccnc3c2)cn1. The lowest BCUT2D eigenvalue weighted by atomic mass is 10.1. The van der Waals surface area contributed by atoms with Gasteiger partial charge in [0.2, 0.25) is 0 Å². The number of rotatable bonds is 5. The summed E-state index contributed by atoms with van der Waals surface area (Å²) in [5.74, 6) is -0.416. The van der Waals surface area contributed by atoms with Crippen molar-refractivity contribution in [3.8, 4) is 11.1 Å². The number of esters is 1. The highest BCUT2D eigenvalue weighted by atomic mass is 16.5. The van der Waals surface area contributed by atoms with Gasteiger partial charge in [-0.05, 0) is 24.6 Å². The highest BCUT2D eigenvalue weighted by Gasteiger charge is 2.15. The summed E-state index contributed by atoms with van der Waals surface area (Å²) < 4.78 is 8.74. The second-order valence-corrected chi connectivity index (χ2v) is 5.21. The second kappa shape index (κ2) is 6.01. The van der Waals surface area contributed by atoms with Crippen molar-refractivity contribution in [3.05, 3.63) is 43.1 Å². The molecular formula is C16H18N4O2. The Morgan fingerprint density at radius 2 is 2.23 bits per heavy atom. The van der Waals surface area contributed by atoms with Crippen molar-refractivity contribution in [3.63, 3.8) is 0 Å². The van der Waals surface area contributed by atoms with Crippen LogP contribution in [0.3, 0.4) is 0 Å². The van der Waals surface area contributed by atoms with Crippen LogP contribution in [0.1, 0.15) is 13.8 Å². The third-order valence-electron chi connectivity index (χ3n) is 3.51. The van der Waals surface area contributed by atoms with Crippen LogP contribution < -0.4 is 0 Å². The van der Waals surface area contributed by atoms with Gasteiger partial charge in [-0.25, -0.2) is 4.98 Å². The lowest BCUT2D eigenvalue weighted by molar-refractivity contribution is -0.147.